The largest absolute Gasteiger partial charge is 0.495 e. The number of aromatic nitrogens is 10. The van der Waals surface area contributed by atoms with Gasteiger partial charge in [0.2, 0.25) is 0 Å². The highest BCUT2D eigenvalue weighted by atomic mass is 35.5. The summed E-state index contributed by atoms with van der Waals surface area (Å²) < 4.78 is 97.8. The van der Waals surface area contributed by atoms with Crippen LogP contribution in [0.5, 0.6) is 23.0 Å². The van der Waals surface area contributed by atoms with Crippen LogP contribution in [-0.4, -0.2) is 124 Å². The molecule has 0 saturated heterocycles. The van der Waals surface area contributed by atoms with Crippen LogP contribution in [0.15, 0.2) is 205 Å². The van der Waals surface area contributed by atoms with Gasteiger partial charge in [0.25, 0.3) is 23.6 Å². The molecule has 26 nitrogen and oxygen atoms in total. The molecule has 11 N–H and O–H groups in total. The maximum absolute atomic E-state index is 13.1. The quantitative estimate of drug-likeness (QED) is 0.0188. The number of nitrogens with one attached hydrogen (secondary N) is 9. The van der Waals surface area contributed by atoms with Crippen molar-refractivity contribution in [1.29, 1.82) is 5.26 Å². The van der Waals surface area contributed by atoms with Gasteiger partial charge in [0.05, 0.1) is 159 Å². The van der Waals surface area contributed by atoms with E-state index in [-0.39, 0.29) is 77.8 Å². The molecule has 0 spiro atoms. The van der Waals surface area contributed by atoms with E-state index in [9.17, 15) is 45.2 Å². The van der Waals surface area contributed by atoms with E-state index in [0.717, 1.165) is 39.6 Å². The van der Waals surface area contributed by atoms with Crippen LogP contribution in [0.2, 0.25) is 5.02 Å². The fraction of sp³-hybridized carbons (Fsp3) is 0.111. The van der Waals surface area contributed by atoms with Crippen LogP contribution in [0.1, 0.15) is 110 Å². The van der Waals surface area contributed by atoms with E-state index in [1.165, 1.54) is 95.3 Å². The lowest BCUT2D eigenvalue weighted by Gasteiger charge is -2.11. The van der Waals surface area contributed by atoms with Crippen molar-refractivity contribution in [3.05, 3.63) is 313 Å². The first-order chi connectivity index (χ1) is 59.0. The third-order valence-corrected chi connectivity index (χ3v) is 20.1. The van der Waals surface area contributed by atoms with Crippen molar-refractivity contribution in [3.63, 3.8) is 0 Å². The number of carbonyl (C=O) groups excluding carboxylic acids is 4. The number of amides is 4. The Balaban J connectivity index is 0.000000149. The second-order valence-corrected chi connectivity index (χ2v) is 29.3. The van der Waals surface area contributed by atoms with Gasteiger partial charge < -0.3 is 45.9 Å². The SMILES string of the molecule is COc1c(C(=O)NCCC#N)ccc2n[nH]c(/C=C/c3ccc(F)cc3)c12.COc1c(C(=O)NCc2[nH]ncc2N)ccc2n[nH]c(/C=C/c3ccc(F)cc3)c12.COc1c(C(=O)NCc2ccc(S(C)(=O)=O)cc2)ccc2n[nH]c(/C=C/c3ccc(F)cc3)c12.COc1c(C(=O)NCc2cccc(Cl)c2)ccc2n[nH]c(/C=C/c3ccc(F)cc3)c12. The number of hydrogen-bond donors (Lipinski definition) is 10. The Kier molecular flexibility index (Phi) is 28.3. The maximum Gasteiger partial charge on any atom is 0.255 e. The molecule has 0 aliphatic heterocycles. The number of anilines is 1. The summed E-state index contributed by atoms with van der Waals surface area (Å²) in [6.07, 6.45) is 17.3. The third-order valence-electron chi connectivity index (χ3n) is 18.7. The summed E-state index contributed by atoms with van der Waals surface area (Å²) in [5, 5.41) is 58.5. The number of sulfone groups is 1. The molecule has 4 amide bonds. The number of nitrogen functional groups attached to an aromatic ring is 1. The smallest absolute Gasteiger partial charge is 0.255 e. The Bertz CT molecular complexity index is 6580. The summed E-state index contributed by atoms with van der Waals surface area (Å²) in [7, 11) is 2.70. The summed E-state index contributed by atoms with van der Waals surface area (Å²) in [4.78, 5) is 51.2. The first-order valence-corrected chi connectivity index (χ1v) is 39.5. The molecule has 0 unspecified atom stereocenters. The van der Waals surface area contributed by atoms with Crippen LogP contribution >= 0.6 is 11.6 Å². The third kappa shape index (κ3) is 21.5. The zero-order valence-corrected chi connectivity index (χ0v) is 67.4. The van der Waals surface area contributed by atoms with Crippen LogP contribution in [0.25, 0.3) is 92.2 Å². The average molecular weight is 1690 g/mol. The second-order valence-electron chi connectivity index (χ2n) is 26.8. The van der Waals surface area contributed by atoms with Gasteiger partial charge in [0.1, 0.15) is 46.3 Å². The number of aromatic amines is 5. The molecule has 15 aromatic rings. The van der Waals surface area contributed by atoms with Gasteiger partial charge >= 0.3 is 0 Å². The normalized spacial score (nSPS) is 11.3. The van der Waals surface area contributed by atoms with E-state index in [0.29, 0.717) is 135 Å². The Morgan fingerprint density at radius 3 is 1.07 bits per heavy atom. The molecule has 0 aliphatic carbocycles. The van der Waals surface area contributed by atoms with E-state index >= 15 is 0 Å². The number of methoxy groups -OCH3 is 4. The zero-order chi connectivity index (χ0) is 86.4. The summed E-state index contributed by atoms with van der Waals surface area (Å²) in [6.45, 7) is 1.02. The Labute approximate surface area is 700 Å². The van der Waals surface area contributed by atoms with Crippen LogP contribution in [0.3, 0.4) is 0 Å². The van der Waals surface area contributed by atoms with Gasteiger partial charge in [-0.25, -0.2) is 26.0 Å². The van der Waals surface area contributed by atoms with Gasteiger partial charge in [0.15, 0.2) is 9.84 Å². The monoisotopic (exact) mass is 1680 g/mol. The molecule has 122 heavy (non-hydrogen) atoms. The van der Waals surface area contributed by atoms with Crippen molar-refractivity contribution in [2.75, 3.05) is 47.0 Å². The highest BCUT2D eigenvalue weighted by Gasteiger charge is 2.24. The summed E-state index contributed by atoms with van der Waals surface area (Å²) in [5.41, 5.74) is 18.5. The van der Waals surface area contributed by atoms with Crippen molar-refractivity contribution >= 4 is 143 Å². The lowest BCUT2D eigenvalue weighted by atomic mass is 10.1. The zero-order valence-electron chi connectivity index (χ0n) is 65.8. The minimum absolute atomic E-state index is 0.203. The molecule has 0 radical (unpaired) electrons. The van der Waals surface area contributed by atoms with Gasteiger partial charge in [-0.2, -0.15) is 30.8 Å². The minimum Gasteiger partial charge on any atom is -0.495 e. The summed E-state index contributed by atoms with van der Waals surface area (Å²) >= 11 is 6.01. The Hall–Kier alpha value is -15.4. The molecule has 618 valence electrons. The molecule has 0 atom stereocenters. The highest BCUT2D eigenvalue weighted by Crippen LogP contribution is 2.37. The number of fused-ring (bicyclic) bond motifs is 4. The number of ether oxygens (including phenoxy) is 4. The molecular weight excluding hydrogens is 1610 g/mol. The molecule has 0 fully saturated rings. The first-order valence-electron chi connectivity index (χ1n) is 37.3. The number of benzene rings is 10. The number of halogens is 5. The number of nitriles is 1. The fourth-order valence-corrected chi connectivity index (χ4v) is 13.4. The first kappa shape index (κ1) is 85.9. The number of H-pyrrole nitrogens is 5. The van der Waals surface area contributed by atoms with E-state index in [1.54, 1.807) is 146 Å². The molecule has 15 rings (SSSR count). The van der Waals surface area contributed by atoms with Crippen molar-refractivity contribution in [3.8, 4) is 29.1 Å². The number of hydrogen-bond acceptors (Lipinski definition) is 17. The number of nitrogens with two attached hydrogens (primary N) is 1. The van der Waals surface area contributed by atoms with Crippen LogP contribution in [0, 0.1) is 34.6 Å². The molecule has 10 aromatic carbocycles. The average Bonchev–Trinajstić information content (AvgIpc) is 1.62. The van der Waals surface area contributed by atoms with E-state index in [2.05, 4.69) is 72.3 Å². The van der Waals surface area contributed by atoms with E-state index < -0.39 is 9.84 Å². The highest BCUT2D eigenvalue weighted by molar-refractivity contribution is 7.90. The van der Waals surface area contributed by atoms with Crippen molar-refractivity contribution in [2.45, 2.75) is 31.0 Å². The molecule has 5 aromatic heterocycles. The fourth-order valence-electron chi connectivity index (χ4n) is 12.6. The summed E-state index contributed by atoms with van der Waals surface area (Å²) in [5.74, 6) is -0.869. The van der Waals surface area contributed by atoms with Gasteiger partial charge in [-0.1, -0.05) is 109 Å². The predicted molar refractivity (Wildman–Crippen MR) is 462 cm³/mol. The van der Waals surface area contributed by atoms with Crippen LogP contribution < -0.4 is 45.9 Å². The number of nitrogens with zero attached hydrogens (tertiary/aromatic N) is 6. The summed E-state index contributed by atoms with van der Waals surface area (Å²) in [6, 6.07) is 53.6. The van der Waals surface area contributed by atoms with Crippen molar-refractivity contribution < 1.29 is 64.1 Å². The Morgan fingerprint density at radius 1 is 0.434 bits per heavy atom. The minimum atomic E-state index is -3.28. The maximum atomic E-state index is 13.1. The van der Waals surface area contributed by atoms with Gasteiger partial charge in [0, 0.05) is 30.9 Å². The van der Waals surface area contributed by atoms with Gasteiger partial charge in [-0.05, 0) is 179 Å². The van der Waals surface area contributed by atoms with E-state index in [4.69, 9.17) is 41.5 Å². The molecular formula is C90H77ClF4N16O10S. The molecule has 0 bridgehead atoms. The van der Waals surface area contributed by atoms with Crippen LogP contribution in [-0.2, 0) is 29.5 Å². The van der Waals surface area contributed by atoms with Crippen molar-refractivity contribution in [2.24, 2.45) is 0 Å². The standard InChI is InChI=1S/C25H22FN3O4S.C24H19ClFN3O2.C21H19FN6O2.C20H17FN4O2/c1-33-24-20(25(30)27-15-17-5-10-19(11-6-17)34(2,31)32)12-14-22-23(24)21(28-29-22)13-7-16-3-8-18(26)9-4-16;1-31-23-19(24(30)27-14-16-3-2-4-17(25)13-16)10-12-21-22(23)20(28-29-21)11-7-15-5-8-18(26)9-6-15;1-30-20-14(21(29)24-11-18-15(23)10-25-26-18)7-9-17-19(20)16(27-28-17)8-4-12-2-5-13(22)6-3-12;1-27-19-15(20(26)23-12-2-11-22)8-10-17-18(19)16(24-25-17)9-5-13-3-6-14(21)7-4-13/h3-14H,15H2,1-2H3,(H,27,30)(H,28,29);2-13H,14H2,1H3,(H,27,30)(H,28,29);2-10H,11,23H2,1H3,(H,24,29)(H,25,26)(H,27,28);3-10H,2,12H2,1H3,(H,23,26)(H,24,25)/b13-7+;11-7+;8-4+;9-5+. The molecule has 5 heterocycles. The van der Waals surface area contributed by atoms with Crippen LogP contribution in [0.4, 0.5) is 23.2 Å². The lowest BCUT2D eigenvalue weighted by molar-refractivity contribution is 0.0939. The number of rotatable bonds is 25. The predicted octanol–water partition coefficient (Wildman–Crippen LogP) is 16.3. The Morgan fingerprint density at radius 2 is 0.762 bits per heavy atom. The number of carbonyl (C=O) groups is 4. The molecule has 0 aliphatic rings. The molecule has 32 heteroatoms. The van der Waals surface area contributed by atoms with E-state index in [1.807, 2.05) is 42.5 Å². The topological polar surface area (TPSA) is 381 Å². The van der Waals surface area contributed by atoms with Crippen molar-refractivity contribution in [1.82, 2.24) is 72.3 Å². The second kappa shape index (κ2) is 40.2. The van der Waals surface area contributed by atoms with Gasteiger partial charge in [-0.15, -0.1) is 0 Å². The van der Waals surface area contributed by atoms with Gasteiger partial charge in [-0.3, -0.25) is 44.7 Å². The molecule has 0 saturated carbocycles. The lowest BCUT2D eigenvalue weighted by Crippen LogP contribution is -2.24.